The second-order valence-electron chi connectivity index (χ2n) is 13.8. The molecule has 0 radical (unpaired) electrons. The lowest BCUT2D eigenvalue weighted by Gasteiger charge is -2.31. The summed E-state index contributed by atoms with van der Waals surface area (Å²) in [6.45, 7) is 8.00. The maximum absolute atomic E-state index is 13.1. The van der Waals surface area contributed by atoms with E-state index in [0.29, 0.717) is 24.4 Å². The molecule has 280 valence electrons. The Morgan fingerprint density at radius 2 is 1.61 bits per heavy atom. The van der Waals surface area contributed by atoms with Gasteiger partial charge in [-0.05, 0) is 63.9 Å². The predicted octanol–water partition coefficient (Wildman–Crippen LogP) is 3.00. The van der Waals surface area contributed by atoms with Crippen LogP contribution in [0.3, 0.4) is 0 Å². The zero-order chi connectivity index (χ0) is 35.9. The highest BCUT2D eigenvalue weighted by atomic mass is 16.9. The number of nitrogens with two attached hydrogens (primary N) is 1. The third-order valence-corrected chi connectivity index (χ3v) is 8.85. The SMILES string of the molecule is CCCCCCCOC[C@@]12O[C@@H](CN3CCCCCC3)[C@@H](OC(=O)Nc3ccc(CC(=O)O)cc3)[C@@H]1OC(C)(C)O2.NC(CO)(CO)CO. The molecule has 0 saturated carbocycles. The molecule has 4 atom stereocenters. The van der Waals surface area contributed by atoms with Crippen molar-refractivity contribution < 1.29 is 53.7 Å². The number of carboxylic acids is 1. The number of amides is 1. The molecule has 49 heavy (non-hydrogen) atoms. The number of likely N-dealkylation sites (tertiary alicyclic amines) is 1. The molecule has 4 rings (SSSR count). The third kappa shape index (κ3) is 13.0. The maximum Gasteiger partial charge on any atom is 0.412 e. The number of unbranched alkanes of at least 4 members (excludes halogenated alkanes) is 4. The standard InChI is InChI=1S/C31H48N2O8.C4H11NO3/c1-4-5-6-9-12-19-37-22-31-28(40-30(2,3)41-31)27(25(39-31)21-33-17-10-7-8-11-18-33)38-29(36)32-24-15-13-23(14-16-24)20-26(34)35;5-4(1-6,2-7)3-8/h13-16,25,27-28H,4-12,17-22H2,1-3H3,(H,32,36)(H,34,35);6-8H,1-3,5H2/t25-,27+,28-,31-;/m0./s1. The molecule has 1 amide bonds. The average Bonchev–Trinajstić information content (AvgIpc) is 3.31. The van der Waals surface area contributed by atoms with Gasteiger partial charge in [-0.1, -0.05) is 57.6 Å². The number of nitrogens with zero attached hydrogens (tertiary/aromatic N) is 1. The topological polar surface area (TPSA) is 202 Å². The number of carbonyl (C=O) groups is 2. The molecule has 7 N–H and O–H groups in total. The highest BCUT2D eigenvalue weighted by Crippen LogP contribution is 2.47. The molecule has 14 heteroatoms. The molecule has 3 aliphatic rings. The normalized spacial score (nSPS) is 25.2. The van der Waals surface area contributed by atoms with Gasteiger partial charge in [-0.3, -0.25) is 10.1 Å². The summed E-state index contributed by atoms with van der Waals surface area (Å²) in [4.78, 5) is 26.5. The van der Waals surface area contributed by atoms with Gasteiger partial charge in [0.25, 0.3) is 0 Å². The van der Waals surface area contributed by atoms with Crippen LogP contribution in [0, 0.1) is 0 Å². The molecule has 3 aliphatic heterocycles. The van der Waals surface area contributed by atoms with Crippen molar-refractivity contribution in [2.75, 3.05) is 58.0 Å². The van der Waals surface area contributed by atoms with Gasteiger partial charge in [-0.25, -0.2) is 4.79 Å². The average molecular weight is 698 g/mol. The van der Waals surface area contributed by atoms with Gasteiger partial charge in [0.05, 0.1) is 31.8 Å². The molecule has 3 saturated heterocycles. The van der Waals surface area contributed by atoms with E-state index in [9.17, 15) is 9.59 Å². The first-order valence-corrected chi connectivity index (χ1v) is 17.6. The van der Waals surface area contributed by atoms with Crippen molar-refractivity contribution in [1.29, 1.82) is 0 Å². The molecule has 0 aromatic heterocycles. The van der Waals surface area contributed by atoms with Crippen molar-refractivity contribution >= 4 is 17.7 Å². The molecule has 0 spiro atoms. The number of aliphatic hydroxyl groups excluding tert-OH is 3. The number of benzene rings is 1. The van der Waals surface area contributed by atoms with Gasteiger partial charge in [0.15, 0.2) is 18.0 Å². The van der Waals surface area contributed by atoms with Crippen LogP contribution in [0.2, 0.25) is 0 Å². The number of aliphatic carboxylic acids is 1. The van der Waals surface area contributed by atoms with E-state index in [1.165, 1.54) is 32.1 Å². The molecule has 0 unspecified atom stereocenters. The number of anilines is 1. The second kappa shape index (κ2) is 19.8. The number of carboxylic acid groups (broad SMARTS) is 1. The van der Waals surface area contributed by atoms with Crippen LogP contribution in [0.15, 0.2) is 24.3 Å². The molecule has 1 aromatic rings. The van der Waals surface area contributed by atoms with Gasteiger partial charge in [-0.2, -0.15) is 0 Å². The van der Waals surface area contributed by atoms with E-state index in [2.05, 4.69) is 17.1 Å². The molecular weight excluding hydrogens is 638 g/mol. The smallest absolute Gasteiger partial charge is 0.412 e. The van der Waals surface area contributed by atoms with Gasteiger partial charge in [0.2, 0.25) is 5.79 Å². The number of hydrogen-bond donors (Lipinski definition) is 6. The van der Waals surface area contributed by atoms with Crippen LogP contribution >= 0.6 is 0 Å². The first kappa shape index (κ1) is 41.0. The quantitative estimate of drug-likeness (QED) is 0.130. The lowest BCUT2D eigenvalue weighted by atomic mass is 10.0. The lowest BCUT2D eigenvalue weighted by molar-refractivity contribution is -0.279. The van der Waals surface area contributed by atoms with Crippen LogP contribution in [0.1, 0.15) is 84.1 Å². The van der Waals surface area contributed by atoms with E-state index in [1.54, 1.807) is 24.3 Å². The largest absolute Gasteiger partial charge is 0.481 e. The number of rotatable bonds is 17. The van der Waals surface area contributed by atoms with Gasteiger partial charge < -0.3 is 54.7 Å². The van der Waals surface area contributed by atoms with Gasteiger partial charge in [-0.15, -0.1) is 0 Å². The molecule has 0 aliphatic carbocycles. The number of carbonyl (C=O) groups excluding carboxylic acids is 1. The minimum absolute atomic E-state index is 0.0833. The van der Waals surface area contributed by atoms with Crippen LogP contribution in [0.4, 0.5) is 10.5 Å². The Balaban J connectivity index is 0.000000723. The monoisotopic (exact) mass is 697 g/mol. The highest BCUT2D eigenvalue weighted by Gasteiger charge is 2.66. The number of ether oxygens (including phenoxy) is 5. The van der Waals surface area contributed by atoms with Gasteiger partial charge in [0, 0.05) is 18.8 Å². The van der Waals surface area contributed by atoms with Crippen molar-refractivity contribution in [3.05, 3.63) is 29.8 Å². The molecule has 0 bridgehead atoms. The summed E-state index contributed by atoms with van der Waals surface area (Å²) in [6, 6.07) is 6.67. The minimum Gasteiger partial charge on any atom is -0.481 e. The highest BCUT2D eigenvalue weighted by molar-refractivity contribution is 5.85. The number of nitrogens with one attached hydrogen (secondary N) is 1. The molecule has 3 fully saturated rings. The number of aliphatic hydroxyl groups is 3. The Morgan fingerprint density at radius 3 is 2.18 bits per heavy atom. The summed E-state index contributed by atoms with van der Waals surface area (Å²) in [5.74, 6) is -3.01. The number of fused-ring (bicyclic) bond motifs is 1. The third-order valence-electron chi connectivity index (χ3n) is 8.85. The minimum atomic E-state index is -1.21. The predicted molar refractivity (Wildman–Crippen MR) is 182 cm³/mol. The Labute approximate surface area is 290 Å². The zero-order valence-corrected chi connectivity index (χ0v) is 29.4. The van der Waals surface area contributed by atoms with E-state index in [4.69, 9.17) is 49.8 Å². The molecule has 1 aromatic carbocycles. The van der Waals surface area contributed by atoms with Crippen LogP contribution in [0.25, 0.3) is 0 Å². The van der Waals surface area contributed by atoms with Gasteiger partial charge in [0.1, 0.15) is 12.7 Å². The fraction of sp³-hybridized carbons (Fsp3) is 0.771. The Hall–Kier alpha value is -2.40. The van der Waals surface area contributed by atoms with Crippen molar-refractivity contribution in [3.63, 3.8) is 0 Å². The van der Waals surface area contributed by atoms with Crippen LogP contribution < -0.4 is 11.1 Å². The summed E-state index contributed by atoms with van der Waals surface area (Å²) in [7, 11) is 0. The van der Waals surface area contributed by atoms with E-state index in [1.807, 2.05) is 13.8 Å². The van der Waals surface area contributed by atoms with Crippen LogP contribution in [0.5, 0.6) is 0 Å². The zero-order valence-electron chi connectivity index (χ0n) is 29.4. The summed E-state index contributed by atoms with van der Waals surface area (Å²) in [5.41, 5.74) is 5.09. The Morgan fingerprint density at radius 1 is 0.980 bits per heavy atom. The Bertz CT molecular complexity index is 1120. The van der Waals surface area contributed by atoms with Crippen LogP contribution in [-0.4, -0.2) is 125 Å². The van der Waals surface area contributed by atoms with E-state index in [0.717, 1.165) is 38.8 Å². The number of hydrogen-bond acceptors (Lipinski definition) is 12. The van der Waals surface area contributed by atoms with E-state index < -0.39 is 67.3 Å². The van der Waals surface area contributed by atoms with E-state index in [-0.39, 0.29) is 13.0 Å². The molecular formula is C35H59N3O11. The molecule has 3 heterocycles. The van der Waals surface area contributed by atoms with Crippen molar-refractivity contribution in [2.45, 2.75) is 120 Å². The van der Waals surface area contributed by atoms with Crippen molar-refractivity contribution in [3.8, 4) is 0 Å². The first-order valence-electron chi connectivity index (χ1n) is 17.6. The van der Waals surface area contributed by atoms with Gasteiger partial charge >= 0.3 is 12.1 Å². The first-order chi connectivity index (χ1) is 23.4. The molecule has 14 nitrogen and oxygen atoms in total. The van der Waals surface area contributed by atoms with E-state index >= 15 is 0 Å². The van der Waals surface area contributed by atoms with Crippen molar-refractivity contribution in [2.24, 2.45) is 5.73 Å². The fourth-order valence-electron chi connectivity index (χ4n) is 6.14. The summed E-state index contributed by atoms with van der Waals surface area (Å²) in [6.07, 6.45) is 7.87. The van der Waals surface area contributed by atoms with Crippen molar-refractivity contribution in [1.82, 2.24) is 4.90 Å². The summed E-state index contributed by atoms with van der Waals surface area (Å²) in [5, 5.41) is 36.8. The maximum atomic E-state index is 13.1. The Kier molecular flexibility index (Phi) is 16.6. The second-order valence-corrected chi connectivity index (χ2v) is 13.8. The van der Waals surface area contributed by atoms with Crippen LogP contribution in [-0.2, 0) is 34.9 Å². The summed E-state index contributed by atoms with van der Waals surface area (Å²) >= 11 is 0. The lowest BCUT2D eigenvalue weighted by Crippen LogP contribution is -2.50. The summed E-state index contributed by atoms with van der Waals surface area (Å²) < 4.78 is 31.5. The fourth-order valence-corrected chi connectivity index (χ4v) is 6.14.